The summed E-state index contributed by atoms with van der Waals surface area (Å²) in [6.45, 7) is 0.714. The largest absolute Gasteiger partial charge is 0.500 e. The van der Waals surface area contributed by atoms with Crippen LogP contribution >= 0.6 is 11.8 Å². The predicted octanol–water partition coefficient (Wildman–Crippen LogP) is 3.29. The van der Waals surface area contributed by atoms with Gasteiger partial charge in [0.05, 0.1) is 27.0 Å². The van der Waals surface area contributed by atoms with Gasteiger partial charge in [0, 0.05) is 17.4 Å². The zero-order chi connectivity index (χ0) is 15.6. The summed E-state index contributed by atoms with van der Waals surface area (Å²) in [6.07, 6.45) is 2.75. The lowest BCUT2D eigenvalue weighted by molar-refractivity contribution is -0.875. The maximum atomic E-state index is 5.59. The van der Waals surface area contributed by atoms with Crippen LogP contribution in [-0.4, -0.2) is 20.7 Å². The Balaban J connectivity index is 1.75. The van der Waals surface area contributed by atoms with Gasteiger partial charge in [-0.1, -0.05) is 72.4 Å². The van der Waals surface area contributed by atoms with Crippen LogP contribution in [0, 0.1) is 0 Å². The van der Waals surface area contributed by atoms with E-state index in [0.29, 0.717) is 12.0 Å². The highest BCUT2D eigenvalue weighted by atomic mass is 32.2. The van der Waals surface area contributed by atoms with Crippen LogP contribution < -0.4 is 4.90 Å². The summed E-state index contributed by atoms with van der Waals surface area (Å²) in [4.78, 5) is 1.39. The normalized spacial score (nSPS) is 12.7. The monoisotopic (exact) mass is 314 g/mol. The van der Waals surface area contributed by atoms with Crippen LogP contribution in [-0.2, 0) is 11.2 Å². The fourth-order valence-corrected chi connectivity index (χ4v) is 3.10. The van der Waals surface area contributed by atoms with Crippen molar-refractivity contribution in [2.75, 3.05) is 20.7 Å². The summed E-state index contributed by atoms with van der Waals surface area (Å²) in [6, 6.07) is 21.0. The molecule has 2 aromatic carbocycles. The molecule has 1 N–H and O–H groups in total. The van der Waals surface area contributed by atoms with E-state index < -0.39 is 0 Å². The Morgan fingerprint density at radius 2 is 1.64 bits per heavy atom. The summed E-state index contributed by atoms with van der Waals surface area (Å²) in [5.41, 5.74) is 2.64. The molecule has 0 amide bonds. The van der Waals surface area contributed by atoms with E-state index in [2.05, 4.69) is 74.1 Å². The average Bonchev–Trinajstić information content (AvgIpc) is 2.55. The molecule has 0 aliphatic heterocycles. The van der Waals surface area contributed by atoms with Crippen LogP contribution in [0.4, 0.5) is 0 Å². The molecule has 116 valence electrons. The first kappa shape index (κ1) is 16.7. The average molecular weight is 314 g/mol. The van der Waals surface area contributed by atoms with Gasteiger partial charge in [0.1, 0.15) is 0 Å². The number of quaternary nitrogens is 1. The van der Waals surface area contributed by atoms with Crippen LogP contribution in [0.15, 0.2) is 72.3 Å². The third-order valence-corrected chi connectivity index (χ3v) is 4.63. The summed E-state index contributed by atoms with van der Waals surface area (Å²) in [7, 11) is 4.35. The highest BCUT2D eigenvalue weighted by Crippen LogP contribution is 2.23. The quantitative estimate of drug-likeness (QED) is 0.456. The Morgan fingerprint density at radius 3 is 2.27 bits per heavy atom. The number of benzene rings is 2. The Kier molecular flexibility index (Phi) is 7.07. The fraction of sp³-hybridized carbons (Fsp3) is 0.263. The van der Waals surface area contributed by atoms with Gasteiger partial charge in [-0.3, -0.25) is 0 Å². The fourth-order valence-electron chi connectivity index (χ4n) is 2.22. The summed E-state index contributed by atoms with van der Waals surface area (Å²) in [5, 5.41) is 2.44. The molecule has 22 heavy (non-hydrogen) atoms. The highest BCUT2D eigenvalue weighted by molar-refractivity contribution is 8.02. The van der Waals surface area contributed by atoms with E-state index in [1.807, 2.05) is 12.3 Å². The molecule has 0 aromatic heterocycles. The minimum absolute atomic E-state index is 0.384. The Hall–Kier alpha value is -1.71. The second-order valence-corrected chi connectivity index (χ2v) is 6.40. The molecule has 3 heteroatoms. The lowest BCUT2D eigenvalue weighted by Gasteiger charge is -2.19. The Labute approximate surface area is 137 Å². The van der Waals surface area contributed by atoms with Gasteiger partial charge in [-0.15, -0.1) is 0 Å². The molecule has 0 saturated carbocycles. The molecule has 2 rings (SSSR count). The van der Waals surface area contributed by atoms with Crippen LogP contribution in [0.3, 0.4) is 0 Å². The lowest BCUT2D eigenvalue weighted by Crippen LogP contribution is -3.05. The molecule has 1 unspecified atom stereocenters. The number of rotatable bonds is 8. The molecule has 0 saturated heterocycles. The maximum absolute atomic E-state index is 5.59. The molecule has 0 fully saturated rings. The number of ether oxygens (including phenoxy) is 1. The van der Waals surface area contributed by atoms with Crippen molar-refractivity contribution in [2.24, 2.45) is 0 Å². The molecule has 0 bridgehead atoms. The molecule has 0 aliphatic carbocycles. The molecular formula is C19H24NOS+. The molecule has 0 radical (unpaired) electrons. The second kappa shape index (κ2) is 9.34. The molecule has 2 nitrogen and oxygen atoms in total. The number of hydrogen-bond acceptors (Lipinski definition) is 2. The van der Waals surface area contributed by atoms with Crippen molar-refractivity contribution in [1.29, 1.82) is 0 Å². The zero-order valence-electron chi connectivity index (χ0n) is 13.2. The van der Waals surface area contributed by atoms with E-state index in [-0.39, 0.29) is 0 Å². The van der Waals surface area contributed by atoms with Crippen molar-refractivity contribution in [3.8, 4) is 0 Å². The van der Waals surface area contributed by atoms with Crippen molar-refractivity contribution in [1.82, 2.24) is 0 Å². The van der Waals surface area contributed by atoms with Gasteiger partial charge >= 0.3 is 0 Å². The van der Waals surface area contributed by atoms with Crippen molar-refractivity contribution in [2.45, 2.75) is 11.8 Å². The summed E-state index contributed by atoms with van der Waals surface area (Å²) >= 11 is 1.79. The molecule has 0 heterocycles. The van der Waals surface area contributed by atoms with Crippen LogP contribution in [0.25, 0.3) is 0 Å². The molecular weight excluding hydrogens is 290 g/mol. The van der Waals surface area contributed by atoms with Gasteiger partial charge in [0.25, 0.3) is 0 Å². The van der Waals surface area contributed by atoms with E-state index in [1.54, 1.807) is 11.8 Å². The highest BCUT2D eigenvalue weighted by Gasteiger charge is 2.16. The maximum Gasteiger partial charge on any atom is 0.163 e. The van der Waals surface area contributed by atoms with Crippen molar-refractivity contribution in [3.05, 3.63) is 83.5 Å². The molecule has 0 aliphatic rings. The Bertz CT molecular complexity index is 554. The number of thioether (sulfide) groups is 1. The zero-order valence-corrected chi connectivity index (χ0v) is 14.1. The predicted molar refractivity (Wildman–Crippen MR) is 94.8 cm³/mol. The molecule has 0 spiro atoms. The second-order valence-electron chi connectivity index (χ2n) is 5.38. The van der Waals surface area contributed by atoms with E-state index in [0.717, 1.165) is 6.42 Å². The summed E-state index contributed by atoms with van der Waals surface area (Å²) in [5.74, 6) is 0. The Morgan fingerprint density at radius 1 is 1.00 bits per heavy atom. The third-order valence-electron chi connectivity index (χ3n) is 3.34. The van der Waals surface area contributed by atoms with Crippen LogP contribution in [0.2, 0.25) is 0 Å². The smallest absolute Gasteiger partial charge is 0.163 e. The first-order valence-electron chi connectivity index (χ1n) is 7.58. The summed E-state index contributed by atoms with van der Waals surface area (Å²) < 4.78 is 5.59. The van der Waals surface area contributed by atoms with Gasteiger partial charge in [-0.2, -0.15) is 0 Å². The van der Waals surface area contributed by atoms with Gasteiger partial charge in [0.2, 0.25) is 0 Å². The standard InChI is InChI=1S/C19H23NOS/c1-20(2)19(18-11-7-4-8-12-18)22-16-15-21-14-13-17-9-5-3-6-10-17/h3-12,15-16,19H,13-14H2,1-2H3/p+1/b16-15-. The van der Waals surface area contributed by atoms with E-state index in [9.17, 15) is 0 Å². The van der Waals surface area contributed by atoms with Crippen LogP contribution in [0.1, 0.15) is 16.5 Å². The topological polar surface area (TPSA) is 13.7 Å². The molecule has 1 atom stereocenters. The van der Waals surface area contributed by atoms with E-state index in [4.69, 9.17) is 4.74 Å². The van der Waals surface area contributed by atoms with Gasteiger partial charge < -0.3 is 9.64 Å². The minimum Gasteiger partial charge on any atom is -0.500 e. The number of nitrogens with one attached hydrogen (secondary N) is 1. The third kappa shape index (κ3) is 5.58. The van der Waals surface area contributed by atoms with Crippen molar-refractivity contribution in [3.63, 3.8) is 0 Å². The van der Waals surface area contributed by atoms with Gasteiger partial charge in [-0.25, -0.2) is 0 Å². The minimum atomic E-state index is 0.384. The van der Waals surface area contributed by atoms with E-state index in [1.165, 1.54) is 16.0 Å². The van der Waals surface area contributed by atoms with Crippen molar-refractivity contribution >= 4 is 11.8 Å². The first-order valence-corrected chi connectivity index (χ1v) is 8.52. The van der Waals surface area contributed by atoms with Crippen LogP contribution in [0.5, 0.6) is 0 Å². The van der Waals surface area contributed by atoms with E-state index >= 15 is 0 Å². The lowest BCUT2D eigenvalue weighted by atomic mass is 10.2. The molecule has 2 aromatic rings. The number of hydrogen-bond donors (Lipinski definition) is 1. The van der Waals surface area contributed by atoms with Crippen molar-refractivity contribution < 1.29 is 9.64 Å². The van der Waals surface area contributed by atoms with Gasteiger partial charge in [-0.05, 0) is 5.56 Å². The SMILES string of the molecule is C[NH+](C)C(S/C=C\OCCc1ccccc1)c1ccccc1. The first-order chi connectivity index (χ1) is 10.8. The van der Waals surface area contributed by atoms with Gasteiger partial charge in [0.15, 0.2) is 5.37 Å².